The van der Waals surface area contributed by atoms with Crippen LogP contribution < -0.4 is 0 Å². The van der Waals surface area contributed by atoms with Crippen LogP contribution in [0.15, 0.2) is 334 Å². The van der Waals surface area contributed by atoms with Crippen LogP contribution in [0.2, 0.25) is 0 Å². The number of hydrogen-bond donors (Lipinski definition) is 0. The quantitative estimate of drug-likeness (QED) is 0.0273. The van der Waals surface area contributed by atoms with Gasteiger partial charge in [-0.15, -0.1) is 0 Å². The van der Waals surface area contributed by atoms with Crippen LogP contribution >= 0.6 is 0 Å². The van der Waals surface area contributed by atoms with Crippen molar-refractivity contribution in [3.63, 3.8) is 0 Å². The number of rotatable bonds is 33. The molecule has 0 bridgehead atoms. The normalized spacial score (nSPS) is 22.7. The van der Waals surface area contributed by atoms with Crippen LogP contribution in [0.3, 0.4) is 0 Å². The summed E-state index contributed by atoms with van der Waals surface area (Å²) in [6.07, 6.45) is -26.3. The fourth-order valence-corrected chi connectivity index (χ4v) is 13.7. The largest absolute Gasteiger partial charge is 0.459 e. The third-order valence-electron chi connectivity index (χ3n) is 19.6. The number of esters is 7. The lowest BCUT2D eigenvalue weighted by Gasteiger charge is -2.51. The van der Waals surface area contributed by atoms with E-state index in [2.05, 4.69) is 0 Å². The van der Waals surface area contributed by atoms with Gasteiger partial charge >= 0.3 is 41.8 Å². The van der Waals surface area contributed by atoms with E-state index < -0.39 is 147 Å². The molecule has 11 aromatic rings. The Morgan fingerprint density at radius 1 is 0.212 bits per heavy atom. The zero-order valence-electron chi connectivity index (χ0n) is 63.8. The first kappa shape index (κ1) is 81.9. The molecule has 0 N–H and O–H groups in total. The highest BCUT2D eigenvalue weighted by Crippen LogP contribution is 2.40. The van der Waals surface area contributed by atoms with E-state index in [0.29, 0.717) is 0 Å². The van der Waals surface area contributed by atoms with Gasteiger partial charge in [0.2, 0.25) is 12.4 Å². The van der Waals surface area contributed by atoms with Crippen molar-refractivity contribution < 1.29 is 109 Å². The molecule has 15 atom stereocenters. The number of benzene rings is 11. The number of ether oxygens (including phenoxy) is 16. The van der Waals surface area contributed by atoms with Gasteiger partial charge in [-0.2, -0.15) is 0 Å². The number of carbonyl (C=O) groups is 7. The minimum absolute atomic E-state index is 0.00778. The summed E-state index contributed by atoms with van der Waals surface area (Å²) in [7, 11) is 0. The van der Waals surface area contributed by atoms with Gasteiger partial charge < -0.3 is 75.8 Å². The van der Waals surface area contributed by atoms with E-state index in [4.69, 9.17) is 75.8 Å². The molecule has 23 heteroatoms. The average molecular weight is 1590 g/mol. The Morgan fingerprint density at radius 3 is 0.780 bits per heavy atom. The van der Waals surface area contributed by atoms with Gasteiger partial charge in [0.25, 0.3) is 0 Å². The van der Waals surface area contributed by atoms with E-state index in [9.17, 15) is 19.2 Å². The molecule has 15 unspecified atom stereocenters. The van der Waals surface area contributed by atoms with Crippen molar-refractivity contribution in [3.05, 3.63) is 395 Å². The molecule has 0 amide bonds. The third-order valence-corrected chi connectivity index (χ3v) is 19.6. The second-order valence-electron chi connectivity index (χ2n) is 27.8. The van der Waals surface area contributed by atoms with E-state index in [0.717, 1.165) is 22.3 Å². The molecule has 14 rings (SSSR count). The van der Waals surface area contributed by atoms with Crippen LogP contribution in [0.5, 0.6) is 0 Å². The Hall–Kier alpha value is -12.7. The van der Waals surface area contributed by atoms with Gasteiger partial charge in [0.15, 0.2) is 30.9 Å². The van der Waals surface area contributed by atoms with Gasteiger partial charge in [0.05, 0.1) is 72.0 Å². The fraction of sp³-hybridized carbons (Fsp3) is 0.232. The van der Waals surface area contributed by atoms with Crippen LogP contribution in [0, 0.1) is 0 Å². The Kier molecular flexibility index (Phi) is 28.6. The summed E-state index contributed by atoms with van der Waals surface area (Å²) in [5.41, 5.74) is 3.24. The number of carbonyl (C=O) groups excluding carboxylic acids is 7. The molecule has 0 radical (unpaired) electrons. The van der Waals surface area contributed by atoms with Crippen molar-refractivity contribution in [2.24, 2.45) is 0 Å². The lowest BCUT2D eigenvalue weighted by Crippen LogP contribution is -2.69. The molecule has 0 spiro atoms. The summed E-state index contributed by atoms with van der Waals surface area (Å²) >= 11 is 0. The summed E-state index contributed by atoms with van der Waals surface area (Å²) < 4.78 is 110. The molecule has 3 fully saturated rings. The fourth-order valence-electron chi connectivity index (χ4n) is 13.7. The molecular weight excluding hydrogens is 1510 g/mol. The highest BCUT2D eigenvalue weighted by atomic mass is 16.8. The van der Waals surface area contributed by atoms with Crippen LogP contribution in [0.25, 0.3) is 0 Å². The molecule has 3 aliphatic heterocycles. The van der Waals surface area contributed by atoms with Crippen LogP contribution in [-0.4, -0.2) is 154 Å². The molecule has 0 aliphatic carbocycles. The Labute approximate surface area is 681 Å². The summed E-state index contributed by atoms with van der Waals surface area (Å²) in [6.45, 7) is -1.74. The standard InChI is InChI=1S/C95H84O23/c96-86(67-42-20-5-21-43-67)107-61-75-78(116-93-83(106-59-66-40-18-4-19-41-66)80(105-58-65-38-16-3-17-39-65)77(104-57-64-36-14-2-15-37-64)74(109-93)60-103-56-63-34-12-1-13-35-63)81(112-88(98)69-46-24-7-25-47-69)84(114-90(100)71-50-28-9-29-51-71)94(110-75)117-79-76(62-108-87(97)68-44-22-6-23-45-68)111-95(118-92(102)73-54-32-11-33-55-73)85(115-91(101)72-52-30-10-31-53-72)82(79)113-89(99)70-48-26-8-27-49-70/h1-55,74-85,93-95H,56-62H2. The van der Waals surface area contributed by atoms with Crippen molar-refractivity contribution in [2.75, 3.05) is 19.8 Å². The second kappa shape index (κ2) is 41.3. The van der Waals surface area contributed by atoms with Crippen molar-refractivity contribution in [2.45, 2.75) is 119 Å². The Bertz CT molecular complexity index is 4990. The minimum Gasteiger partial charge on any atom is -0.459 e. The monoisotopic (exact) mass is 1590 g/mol. The third kappa shape index (κ3) is 21.9. The molecule has 3 aliphatic rings. The van der Waals surface area contributed by atoms with Gasteiger partial charge in [-0.05, 0) is 107 Å². The maximum absolute atomic E-state index is 15.6. The highest BCUT2D eigenvalue weighted by molar-refractivity contribution is 5.93. The average Bonchev–Trinajstić information content (AvgIpc) is 0.756. The van der Waals surface area contributed by atoms with Crippen molar-refractivity contribution in [1.82, 2.24) is 0 Å². The van der Waals surface area contributed by atoms with Gasteiger partial charge in [0.1, 0.15) is 62.0 Å². The predicted octanol–water partition coefficient (Wildman–Crippen LogP) is 14.4. The first-order valence-electron chi connectivity index (χ1n) is 38.5. The van der Waals surface area contributed by atoms with E-state index in [-0.39, 0.29) is 72.0 Å². The molecule has 11 aromatic carbocycles. The first-order chi connectivity index (χ1) is 57.9. The van der Waals surface area contributed by atoms with Crippen LogP contribution in [-0.2, 0) is 102 Å². The van der Waals surface area contributed by atoms with Crippen LogP contribution in [0.4, 0.5) is 0 Å². The molecule has 0 saturated carbocycles. The summed E-state index contributed by atoms with van der Waals surface area (Å²) in [4.78, 5) is 105. The van der Waals surface area contributed by atoms with E-state index >= 15 is 14.4 Å². The van der Waals surface area contributed by atoms with Gasteiger partial charge in [-0.25, -0.2) is 33.6 Å². The maximum Gasteiger partial charge on any atom is 0.340 e. The van der Waals surface area contributed by atoms with E-state index in [1.54, 1.807) is 127 Å². The Balaban J connectivity index is 0.946. The molecular formula is C95H84O23. The molecule has 0 aromatic heterocycles. The summed E-state index contributed by atoms with van der Waals surface area (Å²) in [5, 5.41) is 0. The van der Waals surface area contributed by atoms with Gasteiger partial charge in [-0.1, -0.05) is 249 Å². The molecule has 3 saturated heterocycles. The minimum atomic E-state index is -2.21. The molecule has 118 heavy (non-hydrogen) atoms. The zero-order chi connectivity index (χ0) is 81.2. The lowest BCUT2D eigenvalue weighted by molar-refractivity contribution is -0.381. The SMILES string of the molecule is O=C(OCC1OC(OC(=O)c2ccccc2)C(OC(=O)c2ccccc2)C(OC(=O)c2ccccc2)C1OC1OC(COC(=O)c2ccccc2)C(OC2OC(COCc3ccccc3)C(OCc3ccccc3)C(OCc3ccccc3)C2OCc2ccccc2)C(OC(=O)c2ccccc2)C1OC(=O)c1ccccc1)c1ccccc1. The molecule has 3 heterocycles. The van der Waals surface area contributed by atoms with E-state index in [1.165, 1.54) is 84.9 Å². The number of hydrogen-bond acceptors (Lipinski definition) is 23. The van der Waals surface area contributed by atoms with Gasteiger partial charge in [-0.3, -0.25) is 0 Å². The maximum atomic E-state index is 15.6. The summed E-state index contributed by atoms with van der Waals surface area (Å²) in [5.74, 6) is -6.94. The first-order valence-corrected chi connectivity index (χ1v) is 38.5. The lowest BCUT2D eigenvalue weighted by atomic mass is 9.94. The van der Waals surface area contributed by atoms with Gasteiger partial charge in [0, 0.05) is 0 Å². The van der Waals surface area contributed by atoms with Crippen molar-refractivity contribution in [1.29, 1.82) is 0 Å². The van der Waals surface area contributed by atoms with Crippen molar-refractivity contribution >= 4 is 41.8 Å². The van der Waals surface area contributed by atoms with Crippen LogP contribution in [0.1, 0.15) is 94.8 Å². The summed E-state index contributed by atoms with van der Waals surface area (Å²) in [6, 6.07) is 92.6. The molecule has 602 valence electrons. The second-order valence-corrected chi connectivity index (χ2v) is 27.8. The zero-order valence-corrected chi connectivity index (χ0v) is 63.8. The highest BCUT2D eigenvalue weighted by Gasteiger charge is 2.60. The smallest absolute Gasteiger partial charge is 0.340 e. The van der Waals surface area contributed by atoms with Crippen molar-refractivity contribution in [3.8, 4) is 0 Å². The topological polar surface area (TPSA) is 267 Å². The molecule has 23 nitrogen and oxygen atoms in total. The Morgan fingerprint density at radius 2 is 0.449 bits per heavy atom. The van der Waals surface area contributed by atoms with E-state index in [1.807, 2.05) is 121 Å². The predicted molar refractivity (Wildman–Crippen MR) is 425 cm³/mol.